The average molecular weight is 272 g/mol. The highest BCUT2D eigenvalue weighted by Crippen LogP contribution is 2.20. The van der Waals surface area contributed by atoms with Gasteiger partial charge in [-0.05, 0) is 32.0 Å². The van der Waals surface area contributed by atoms with E-state index < -0.39 is 0 Å². The maximum Gasteiger partial charge on any atom is 0.253 e. The van der Waals surface area contributed by atoms with Crippen molar-refractivity contribution < 1.29 is 9.53 Å². The first-order valence-electron chi connectivity index (χ1n) is 6.22. The summed E-state index contributed by atoms with van der Waals surface area (Å²) < 4.78 is 6.75. The lowest BCUT2D eigenvalue weighted by atomic mass is 10.1. The third-order valence-electron chi connectivity index (χ3n) is 3.04. The van der Waals surface area contributed by atoms with Crippen LogP contribution in [-0.4, -0.2) is 22.4 Å². The number of aryl methyl sites for hydroxylation is 1. The molecule has 1 aromatic carbocycles. The Bertz CT molecular complexity index is 705. The molecule has 2 rings (SSSR count). The molecule has 0 aliphatic heterocycles. The highest BCUT2D eigenvalue weighted by Gasteiger charge is 2.09. The van der Waals surface area contributed by atoms with Crippen LogP contribution in [0.3, 0.4) is 0 Å². The number of carbonyl (C=O) groups excluding carboxylic acids is 1. The zero-order valence-corrected chi connectivity index (χ0v) is 11.7. The Morgan fingerprint density at radius 3 is 2.70 bits per heavy atom. The third kappa shape index (κ3) is 2.93. The molecule has 0 saturated carbocycles. The standard InChI is InChI=1S/C15H16N2O3/c1-10-6-15(19)17(9-16-10)8-13-7-12(11(2)18)4-5-14(13)20-3/h4-7,9H,8H2,1-3H3. The van der Waals surface area contributed by atoms with Crippen molar-refractivity contribution in [1.29, 1.82) is 0 Å². The Morgan fingerprint density at radius 2 is 2.10 bits per heavy atom. The largest absolute Gasteiger partial charge is 0.496 e. The highest BCUT2D eigenvalue weighted by atomic mass is 16.5. The molecule has 0 aliphatic carbocycles. The zero-order valence-electron chi connectivity index (χ0n) is 11.7. The molecule has 5 nitrogen and oxygen atoms in total. The Balaban J connectivity index is 2.43. The van der Waals surface area contributed by atoms with Gasteiger partial charge in [-0.1, -0.05) is 0 Å². The average Bonchev–Trinajstić information content (AvgIpc) is 2.41. The number of ether oxygens (including phenoxy) is 1. The van der Waals surface area contributed by atoms with Gasteiger partial charge in [0, 0.05) is 22.9 Å². The van der Waals surface area contributed by atoms with Crippen molar-refractivity contribution >= 4 is 5.78 Å². The number of hydrogen-bond donors (Lipinski definition) is 0. The SMILES string of the molecule is COc1ccc(C(C)=O)cc1Cn1cnc(C)cc1=O. The topological polar surface area (TPSA) is 61.2 Å². The number of rotatable bonds is 4. The van der Waals surface area contributed by atoms with E-state index in [1.165, 1.54) is 23.9 Å². The summed E-state index contributed by atoms with van der Waals surface area (Å²) in [4.78, 5) is 27.4. The van der Waals surface area contributed by atoms with Crippen LogP contribution < -0.4 is 10.3 Å². The van der Waals surface area contributed by atoms with E-state index in [4.69, 9.17) is 4.74 Å². The van der Waals surface area contributed by atoms with Gasteiger partial charge < -0.3 is 4.74 Å². The number of ketones is 1. The molecule has 0 saturated heterocycles. The van der Waals surface area contributed by atoms with Crippen molar-refractivity contribution in [2.45, 2.75) is 20.4 Å². The molecule has 0 spiro atoms. The minimum atomic E-state index is -0.132. The lowest BCUT2D eigenvalue weighted by Crippen LogP contribution is -2.21. The van der Waals surface area contributed by atoms with E-state index in [9.17, 15) is 9.59 Å². The van der Waals surface area contributed by atoms with Gasteiger partial charge in [-0.15, -0.1) is 0 Å². The zero-order chi connectivity index (χ0) is 14.7. The number of benzene rings is 1. The molecule has 104 valence electrons. The van der Waals surface area contributed by atoms with Crippen LogP contribution in [0.4, 0.5) is 0 Å². The van der Waals surface area contributed by atoms with Gasteiger partial charge in [-0.25, -0.2) is 4.98 Å². The van der Waals surface area contributed by atoms with Crippen LogP contribution in [-0.2, 0) is 6.54 Å². The van der Waals surface area contributed by atoms with Crippen LogP contribution in [0, 0.1) is 6.92 Å². The van der Waals surface area contributed by atoms with Gasteiger partial charge in [-0.3, -0.25) is 14.2 Å². The molecule has 20 heavy (non-hydrogen) atoms. The lowest BCUT2D eigenvalue weighted by molar-refractivity contribution is 0.101. The van der Waals surface area contributed by atoms with Gasteiger partial charge in [0.05, 0.1) is 20.0 Å². The predicted molar refractivity (Wildman–Crippen MR) is 75.3 cm³/mol. The summed E-state index contributed by atoms with van der Waals surface area (Å²) in [6.45, 7) is 3.59. The van der Waals surface area contributed by atoms with Crippen molar-refractivity contribution in [2.75, 3.05) is 7.11 Å². The normalized spacial score (nSPS) is 10.3. The molecule has 0 unspecified atom stereocenters. The van der Waals surface area contributed by atoms with Crippen molar-refractivity contribution in [3.05, 3.63) is 57.8 Å². The summed E-state index contributed by atoms with van der Waals surface area (Å²) in [5, 5.41) is 0. The summed E-state index contributed by atoms with van der Waals surface area (Å²) in [5.74, 6) is 0.616. The lowest BCUT2D eigenvalue weighted by Gasteiger charge is -2.11. The maximum atomic E-state index is 11.9. The van der Waals surface area contributed by atoms with Crippen LogP contribution >= 0.6 is 0 Å². The molecule has 2 aromatic rings. The van der Waals surface area contributed by atoms with Crippen LogP contribution in [0.1, 0.15) is 28.5 Å². The second-order valence-corrected chi connectivity index (χ2v) is 4.58. The maximum absolute atomic E-state index is 11.9. The first-order chi connectivity index (χ1) is 9.51. The molecule has 0 aliphatic rings. The van der Waals surface area contributed by atoms with Crippen molar-refractivity contribution in [2.24, 2.45) is 0 Å². The number of Topliss-reactive ketones (excluding diaryl/α,β-unsaturated/α-hetero) is 1. The van der Waals surface area contributed by atoms with Crippen LogP contribution in [0.5, 0.6) is 5.75 Å². The second kappa shape index (κ2) is 5.69. The molecule has 0 radical (unpaired) electrons. The molecule has 0 amide bonds. The highest BCUT2D eigenvalue weighted by molar-refractivity contribution is 5.94. The van der Waals surface area contributed by atoms with Crippen LogP contribution in [0.2, 0.25) is 0 Å². The number of carbonyl (C=O) groups is 1. The fourth-order valence-corrected chi connectivity index (χ4v) is 1.94. The van der Waals surface area contributed by atoms with Gasteiger partial charge in [0.25, 0.3) is 5.56 Å². The number of hydrogen-bond acceptors (Lipinski definition) is 4. The summed E-state index contributed by atoms with van der Waals surface area (Å²) in [5.41, 5.74) is 1.91. The number of methoxy groups -OCH3 is 1. The monoisotopic (exact) mass is 272 g/mol. The minimum absolute atomic E-state index is 0.0247. The van der Waals surface area contributed by atoms with E-state index in [-0.39, 0.29) is 11.3 Å². The van der Waals surface area contributed by atoms with Crippen molar-refractivity contribution in [3.63, 3.8) is 0 Å². The first kappa shape index (κ1) is 14.0. The van der Waals surface area contributed by atoms with Gasteiger partial charge in [0.15, 0.2) is 5.78 Å². The fraction of sp³-hybridized carbons (Fsp3) is 0.267. The van der Waals surface area contributed by atoms with Crippen LogP contribution in [0.25, 0.3) is 0 Å². The van der Waals surface area contributed by atoms with Crippen molar-refractivity contribution in [3.8, 4) is 5.75 Å². The molecule has 5 heteroatoms. The smallest absolute Gasteiger partial charge is 0.253 e. The molecule has 0 atom stereocenters. The van der Waals surface area contributed by atoms with E-state index in [0.717, 1.165) is 5.56 Å². The van der Waals surface area contributed by atoms with Gasteiger partial charge >= 0.3 is 0 Å². The quantitative estimate of drug-likeness (QED) is 0.796. The summed E-state index contributed by atoms with van der Waals surface area (Å²) in [6.07, 6.45) is 1.50. The first-order valence-corrected chi connectivity index (χ1v) is 6.22. The molecule has 0 fully saturated rings. The van der Waals surface area contributed by atoms with Crippen molar-refractivity contribution in [1.82, 2.24) is 9.55 Å². The molecule has 1 heterocycles. The summed E-state index contributed by atoms with van der Waals surface area (Å²) in [6, 6.07) is 6.66. The molecule has 0 N–H and O–H groups in total. The predicted octanol–water partition coefficient (Wildman–Crippen LogP) is 1.81. The van der Waals surface area contributed by atoms with Gasteiger partial charge in [0.2, 0.25) is 0 Å². The minimum Gasteiger partial charge on any atom is -0.496 e. The Kier molecular flexibility index (Phi) is 3.98. The van der Waals surface area contributed by atoms with Crippen LogP contribution in [0.15, 0.2) is 35.4 Å². The Hall–Kier alpha value is -2.43. The van der Waals surface area contributed by atoms with Gasteiger partial charge in [0.1, 0.15) is 5.75 Å². The van der Waals surface area contributed by atoms with E-state index >= 15 is 0 Å². The third-order valence-corrected chi connectivity index (χ3v) is 3.04. The van der Waals surface area contributed by atoms with E-state index in [1.54, 1.807) is 32.2 Å². The second-order valence-electron chi connectivity index (χ2n) is 4.58. The Labute approximate surface area is 116 Å². The summed E-state index contributed by atoms with van der Waals surface area (Å²) >= 11 is 0. The summed E-state index contributed by atoms with van der Waals surface area (Å²) in [7, 11) is 1.56. The fourth-order valence-electron chi connectivity index (χ4n) is 1.94. The number of nitrogens with zero attached hydrogens (tertiary/aromatic N) is 2. The van der Waals surface area contributed by atoms with E-state index in [0.29, 0.717) is 23.6 Å². The van der Waals surface area contributed by atoms with E-state index in [1.807, 2.05) is 0 Å². The molecular weight excluding hydrogens is 256 g/mol. The Morgan fingerprint density at radius 1 is 1.35 bits per heavy atom. The number of aromatic nitrogens is 2. The molecule has 0 bridgehead atoms. The molecular formula is C15H16N2O3. The van der Waals surface area contributed by atoms with E-state index in [2.05, 4.69) is 4.98 Å². The van der Waals surface area contributed by atoms with Gasteiger partial charge in [-0.2, -0.15) is 0 Å². The molecule has 1 aromatic heterocycles.